The SMILES string of the molecule is Cc1csc(-c2nncc3ccccc23)n1. The molecule has 1 aromatic carbocycles. The van der Waals surface area contributed by atoms with Gasteiger partial charge in [0, 0.05) is 21.8 Å². The zero-order chi connectivity index (χ0) is 11.0. The molecule has 4 heteroatoms. The van der Waals surface area contributed by atoms with Gasteiger partial charge in [-0.15, -0.1) is 16.4 Å². The first-order valence-corrected chi connectivity index (χ1v) is 5.85. The minimum absolute atomic E-state index is 0.871. The summed E-state index contributed by atoms with van der Waals surface area (Å²) in [6.45, 7) is 1.98. The van der Waals surface area contributed by atoms with Crippen LogP contribution in [0.5, 0.6) is 0 Å². The standard InChI is InChI=1S/C12H9N3S/c1-8-7-16-12(14-8)11-10-5-3-2-4-9(10)6-13-15-11/h2-7H,1H3. The second-order valence-electron chi connectivity index (χ2n) is 3.57. The molecule has 3 rings (SSSR count). The molecule has 3 nitrogen and oxygen atoms in total. The summed E-state index contributed by atoms with van der Waals surface area (Å²) in [5.41, 5.74) is 1.89. The largest absolute Gasteiger partial charge is 0.240 e. The molecule has 0 unspecified atom stereocenters. The average Bonchev–Trinajstić information content (AvgIpc) is 2.75. The Balaban J connectivity index is 2.31. The molecule has 0 saturated heterocycles. The Morgan fingerprint density at radius 2 is 2.06 bits per heavy atom. The van der Waals surface area contributed by atoms with Crippen LogP contribution in [0.3, 0.4) is 0 Å². The lowest BCUT2D eigenvalue weighted by molar-refractivity contribution is 1.05. The lowest BCUT2D eigenvalue weighted by Gasteiger charge is -2.00. The first-order chi connectivity index (χ1) is 7.84. The van der Waals surface area contributed by atoms with E-state index in [9.17, 15) is 0 Å². The molecule has 0 bridgehead atoms. The molecular formula is C12H9N3S. The van der Waals surface area contributed by atoms with Crippen molar-refractivity contribution in [3.63, 3.8) is 0 Å². The van der Waals surface area contributed by atoms with Gasteiger partial charge in [0.1, 0.15) is 10.7 Å². The van der Waals surface area contributed by atoms with Crippen molar-refractivity contribution >= 4 is 22.1 Å². The summed E-state index contributed by atoms with van der Waals surface area (Å²) in [7, 11) is 0. The molecule has 2 heterocycles. The number of thiazole rings is 1. The molecule has 0 amide bonds. The van der Waals surface area contributed by atoms with Crippen LogP contribution in [-0.2, 0) is 0 Å². The van der Waals surface area contributed by atoms with Crippen molar-refractivity contribution in [3.05, 3.63) is 41.5 Å². The highest BCUT2D eigenvalue weighted by atomic mass is 32.1. The summed E-state index contributed by atoms with van der Waals surface area (Å²) in [5, 5.41) is 13.4. The maximum atomic E-state index is 4.45. The van der Waals surface area contributed by atoms with Crippen LogP contribution >= 0.6 is 11.3 Å². The smallest absolute Gasteiger partial charge is 0.144 e. The van der Waals surface area contributed by atoms with Gasteiger partial charge in [-0.2, -0.15) is 5.10 Å². The summed E-state index contributed by atoms with van der Waals surface area (Å²) in [6.07, 6.45) is 1.78. The molecule has 0 spiro atoms. The van der Waals surface area contributed by atoms with Crippen LogP contribution in [0.1, 0.15) is 5.69 Å². The van der Waals surface area contributed by atoms with E-state index in [1.54, 1.807) is 17.5 Å². The van der Waals surface area contributed by atoms with Crippen molar-refractivity contribution in [3.8, 4) is 10.7 Å². The Hall–Kier alpha value is -1.81. The topological polar surface area (TPSA) is 38.7 Å². The van der Waals surface area contributed by atoms with E-state index >= 15 is 0 Å². The fraction of sp³-hybridized carbons (Fsp3) is 0.0833. The Labute approximate surface area is 96.8 Å². The van der Waals surface area contributed by atoms with Gasteiger partial charge >= 0.3 is 0 Å². The van der Waals surface area contributed by atoms with Gasteiger partial charge in [0.15, 0.2) is 0 Å². The van der Waals surface area contributed by atoms with Crippen LogP contribution < -0.4 is 0 Å². The van der Waals surface area contributed by atoms with Crippen molar-refractivity contribution in [2.75, 3.05) is 0 Å². The normalized spacial score (nSPS) is 10.8. The van der Waals surface area contributed by atoms with E-state index in [2.05, 4.69) is 21.2 Å². The van der Waals surface area contributed by atoms with Crippen LogP contribution in [0.2, 0.25) is 0 Å². The number of rotatable bonds is 1. The van der Waals surface area contributed by atoms with E-state index in [1.807, 2.05) is 30.5 Å². The predicted octanol–water partition coefficient (Wildman–Crippen LogP) is 3.06. The third kappa shape index (κ3) is 1.47. The van der Waals surface area contributed by atoms with Gasteiger partial charge in [-0.05, 0) is 6.92 Å². The molecule has 0 aliphatic heterocycles. The minimum atomic E-state index is 0.871. The summed E-state index contributed by atoms with van der Waals surface area (Å²) >= 11 is 1.60. The zero-order valence-corrected chi connectivity index (χ0v) is 9.53. The number of hydrogen-bond donors (Lipinski definition) is 0. The third-order valence-electron chi connectivity index (χ3n) is 2.39. The summed E-state index contributed by atoms with van der Waals surface area (Å²) in [6, 6.07) is 8.10. The predicted molar refractivity (Wildman–Crippen MR) is 65.4 cm³/mol. The molecule has 78 valence electrons. The second kappa shape index (κ2) is 3.64. The first-order valence-electron chi connectivity index (χ1n) is 4.97. The van der Waals surface area contributed by atoms with Gasteiger partial charge in [0.05, 0.1) is 6.20 Å². The molecule has 3 aromatic rings. The van der Waals surface area contributed by atoms with Crippen LogP contribution in [0, 0.1) is 6.92 Å². The summed E-state index contributed by atoms with van der Waals surface area (Å²) in [4.78, 5) is 4.45. The van der Waals surface area contributed by atoms with Crippen molar-refractivity contribution in [1.82, 2.24) is 15.2 Å². The quantitative estimate of drug-likeness (QED) is 0.641. The van der Waals surface area contributed by atoms with E-state index in [-0.39, 0.29) is 0 Å². The van der Waals surface area contributed by atoms with Crippen molar-refractivity contribution in [1.29, 1.82) is 0 Å². The lowest BCUT2D eigenvalue weighted by atomic mass is 10.1. The number of nitrogens with zero attached hydrogens (tertiary/aromatic N) is 3. The fourth-order valence-corrected chi connectivity index (χ4v) is 2.44. The summed E-state index contributed by atoms with van der Waals surface area (Å²) < 4.78 is 0. The molecule has 2 aromatic heterocycles. The highest BCUT2D eigenvalue weighted by molar-refractivity contribution is 7.13. The van der Waals surface area contributed by atoms with Crippen LogP contribution in [0.4, 0.5) is 0 Å². The van der Waals surface area contributed by atoms with E-state index in [1.165, 1.54) is 0 Å². The third-order valence-corrected chi connectivity index (χ3v) is 3.36. The molecule has 0 fully saturated rings. The molecule has 0 atom stereocenters. The highest BCUT2D eigenvalue weighted by Gasteiger charge is 2.08. The molecule has 0 radical (unpaired) electrons. The first kappa shape index (κ1) is 9.42. The Bertz CT molecular complexity index is 640. The maximum Gasteiger partial charge on any atom is 0.144 e. The number of hydrogen-bond acceptors (Lipinski definition) is 4. The van der Waals surface area contributed by atoms with Crippen LogP contribution in [0.25, 0.3) is 21.5 Å². The fourth-order valence-electron chi connectivity index (χ4n) is 1.65. The Morgan fingerprint density at radius 3 is 2.88 bits per heavy atom. The molecular weight excluding hydrogens is 218 g/mol. The minimum Gasteiger partial charge on any atom is -0.240 e. The van der Waals surface area contributed by atoms with Gasteiger partial charge < -0.3 is 0 Å². The van der Waals surface area contributed by atoms with Crippen molar-refractivity contribution < 1.29 is 0 Å². The zero-order valence-electron chi connectivity index (χ0n) is 8.71. The average molecular weight is 227 g/mol. The molecule has 0 aliphatic rings. The van der Waals surface area contributed by atoms with Gasteiger partial charge in [-0.25, -0.2) is 4.98 Å². The number of aryl methyl sites for hydroxylation is 1. The Morgan fingerprint density at radius 1 is 1.19 bits per heavy atom. The lowest BCUT2D eigenvalue weighted by Crippen LogP contribution is -1.88. The van der Waals surface area contributed by atoms with Gasteiger partial charge in [-0.3, -0.25) is 0 Å². The van der Waals surface area contributed by atoms with Gasteiger partial charge in [0.25, 0.3) is 0 Å². The summed E-state index contributed by atoms with van der Waals surface area (Å²) in [5.74, 6) is 0. The van der Waals surface area contributed by atoms with E-state index in [0.717, 1.165) is 27.2 Å². The van der Waals surface area contributed by atoms with Crippen LogP contribution in [0.15, 0.2) is 35.8 Å². The van der Waals surface area contributed by atoms with Gasteiger partial charge in [-0.1, -0.05) is 24.3 Å². The van der Waals surface area contributed by atoms with E-state index in [4.69, 9.17) is 0 Å². The molecule has 0 saturated carbocycles. The van der Waals surface area contributed by atoms with E-state index < -0.39 is 0 Å². The van der Waals surface area contributed by atoms with Crippen LogP contribution in [-0.4, -0.2) is 15.2 Å². The second-order valence-corrected chi connectivity index (χ2v) is 4.43. The number of fused-ring (bicyclic) bond motifs is 1. The number of aromatic nitrogens is 3. The maximum absolute atomic E-state index is 4.45. The number of benzene rings is 1. The molecule has 16 heavy (non-hydrogen) atoms. The van der Waals surface area contributed by atoms with E-state index in [0.29, 0.717) is 0 Å². The van der Waals surface area contributed by atoms with Crippen molar-refractivity contribution in [2.45, 2.75) is 6.92 Å². The van der Waals surface area contributed by atoms with Gasteiger partial charge in [0.2, 0.25) is 0 Å². The molecule has 0 N–H and O–H groups in total. The monoisotopic (exact) mass is 227 g/mol. The Kier molecular flexibility index (Phi) is 2.15. The van der Waals surface area contributed by atoms with Crippen molar-refractivity contribution in [2.24, 2.45) is 0 Å². The molecule has 0 aliphatic carbocycles. The highest BCUT2D eigenvalue weighted by Crippen LogP contribution is 2.27.